The predicted octanol–water partition coefficient (Wildman–Crippen LogP) is 1.74. The van der Waals surface area contributed by atoms with Gasteiger partial charge in [-0.15, -0.1) is 0 Å². The third kappa shape index (κ3) is 5.00. The first kappa shape index (κ1) is 21.2. The number of aromatic nitrogens is 4. The van der Waals surface area contributed by atoms with Crippen LogP contribution < -0.4 is 16.0 Å². The lowest BCUT2D eigenvalue weighted by molar-refractivity contribution is -0.119. The molecule has 1 aliphatic rings. The van der Waals surface area contributed by atoms with Gasteiger partial charge in [-0.2, -0.15) is 0 Å². The molecule has 10 nitrogen and oxygen atoms in total. The van der Waals surface area contributed by atoms with Crippen molar-refractivity contribution >= 4 is 29.2 Å². The SMILES string of the molecule is CC(O)(O)Nc1ncccc1-c1cc(-c2cnc(N)cc2Cl)nc(N2CCOCC2)n1. The summed E-state index contributed by atoms with van der Waals surface area (Å²) in [5.74, 6) is -1.10. The fourth-order valence-corrected chi connectivity index (χ4v) is 3.44. The van der Waals surface area contributed by atoms with E-state index in [1.54, 1.807) is 36.7 Å². The molecule has 3 aromatic rings. The summed E-state index contributed by atoms with van der Waals surface area (Å²) in [6.45, 7) is 3.62. The van der Waals surface area contributed by atoms with Crippen LogP contribution in [0, 0.1) is 0 Å². The van der Waals surface area contributed by atoms with Gasteiger partial charge in [0.05, 0.1) is 29.6 Å². The standard InChI is InChI=1S/C20H22ClN7O3/c1-20(29,30)27-18-12(3-2-4-23-18)15-10-16(13-11-24-17(22)9-14(13)21)26-19(25-15)28-5-7-31-8-6-28/h2-4,9-11,29-30H,5-8H2,1H3,(H2,22,24)(H,23,27). The zero-order valence-electron chi connectivity index (χ0n) is 16.8. The second kappa shape index (κ2) is 8.60. The quantitative estimate of drug-likeness (QED) is 0.430. The van der Waals surface area contributed by atoms with E-state index in [9.17, 15) is 10.2 Å². The van der Waals surface area contributed by atoms with E-state index in [0.717, 1.165) is 0 Å². The smallest absolute Gasteiger partial charge is 0.242 e. The summed E-state index contributed by atoms with van der Waals surface area (Å²) < 4.78 is 5.44. The normalized spacial score (nSPS) is 14.5. The fraction of sp³-hybridized carbons (Fsp3) is 0.300. The predicted molar refractivity (Wildman–Crippen MR) is 117 cm³/mol. The number of rotatable bonds is 5. The minimum absolute atomic E-state index is 0.258. The minimum atomic E-state index is -2.16. The molecule has 31 heavy (non-hydrogen) atoms. The van der Waals surface area contributed by atoms with Crippen LogP contribution in [0.1, 0.15) is 6.92 Å². The Bertz CT molecular complexity index is 1080. The van der Waals surface area contributed by atoms with Gasteiger partial charge in [0.15, 0.2) is 0 Å². The number of aliphatic hydroxyl groups is 2. The summed E-state index contributed by atoms with van der Waals surface area (Å²) in [7, 11) is 0. The molecule has 1 saturated heterocycles. The molecule has 0 aromatic carbocycles. The summed E-state index contributed by atoms with van der Waals surface area (Å²) in [6.07, 6.45) is 3.11. The number of pyridine rings is 2. The first-order valence-corrected chi connectivity index (χ1v) is 9.99. The third-order valence-electron chi connectivity index (χ3n) is 4.60. The topological polar surface area (TPSA) is 143 Å². The van der Waals surface area contributed by atoms with E-state index < -0.39 is 5.91 Å². The maximum absolute atomic E-state index is 9.81. The van der Waals surface area contributed by atoms with E-state index in [1.807, 2.05) is 4.90 Å². The summed E-state index contributed by atoms with van der Waals surface area (Å²) in [4.78, 5) is 19.8. The van der Waals surface area contributed by atoms with Gasteiger partial charge in [0.2, 0.25) is 11.9 Å². The molecule has 0 atom stereocenters. The molecule has 0 aliphatic carbocycles. The van der Waals surface area contributed by atoms with E-state index >= 15 is 0 Å². The maximum atomic E-state index is 9.81. The Morgan fingerprint density at radius 1 is 1.13 bits per heavy atom. The molecule has 162 valence electrons. The molecule has 3 aromatic heterocycles. The van der Waals surface area contributed by atoms with Crippen LogP contribution >= 0.6 is 11.6 Å². The summed E-state index contributed by atoms with van der Waals surface area (Å²) in [5, 5.41) is 22.6. The molecule has 0 radical (unpaired) electrons. The number of nitrogens with two attached hydrogens (primary N) is 1. The van der Waals surface area contributed by atoms with E-state index in [0.29, 0.717) is 65.6 Å². The summed E-state index contributed by atoms with van der Waals surface area (Å²) in [6, 6.07) is 6.82. The average molecular weight is 444 g/mol. The number of halogens is 1. The van der Waals surface area contributed by atoms with Crippen molar-refractivity contribution < 1.29 is 14.9 Å². The first-order valence-electron chi connectivity index (χ1n) is 9.62. The van der Waals surface area contributed by atoms with Gasteiger partial charge in [-0.1, -0.05) is 11.6 Å². The number of nitrogens with one attached hydrogen (secondary N) is 1. The number of ether oxygens (including phenoxy) is 1. The monoisotopic (exact) mass is 443 g/mol. The van der Waals surface area contributed by atoms with Gasteiger partial charge in [0.25, 0.3) is 0 Å². The van der Waals surface area contributed by atoms with E-state index in [1.165, 1.54) is 6.92 Å². The summed E-state index contributed by atoms with van der Waals surface area (Å²) >= 11 is 6.41. The Balaban J connectivity index is 1.86. The summed E-state index contributed by atoms with van der Waals surface area (Å²) in [5.41, 5.74) is 7.98. The van der Waals surface area contributed by atoms with Gasteiger partial charge >= 0.3 is 0 Å². The number of nitrogens with zero attached hydrogens (tertiary/aromatic N) is 5. The Kier molecular flexibility index (Phi) is 5.88. The molecular weight excluding hydrogens is 422 g/mol. The van der Waals surface area contributed by atoms with Crippen molar-refractivity contribution in [1.29, 1.82) is 0 Å². The first-order chi connectivity index (χ1) is 14.8. The zero-order chi connectivity index (χ0) is 22.0. The van der Waals surface area contributed by atoms with Gasteiger partial charge in [-0.3, -0.25) is 0 Å². The highest BCUT2D eigenvalue weighted by atomic mass is 35.5. The molecule has 1 aliphatic heterocycles. The molecule has 4 heterocycles. The van der Waals surface area contributed by atoms with Crippen molar-refractivity contribution in [2.75, 3.05) is 42.3 Å². The fourth-order valence-electron chi connectivity index (χ4n) is 3.19. The van der Waals surface area contributed by atoms with Crippen LogP contribution in [0.2, 0.25) is 5.02 Å². The van der Waals surface area contributed by atoms with Gasteiger partial charge in [-0.25, -0.2) is 19.9 Å². The zero-order valence-corrected chi connectivity index (χ0v) is 17.5. The van der Waals surface area contributed by atoms with Crippen LogP contribution in [0.5, 0.6) is 0 Å². The van der Waals surface area contributed by atoms with Crippen LogP contribution in [0.3, 0.4) is 0 Å². The van der Waals surface area contributed by atoms with Crippen LogP contribution in [0.4, 0.5) is 17.6 Å². The lowest BCUT2D eigenvalue weighted by Crippen LogP contribution is -2.37. The lowest BCUT2D eigenvalue weighted by Gasteiger charge is -2.27. The van der Waals surface area contributed by atoms with E-state index in [4.69, 9.17) is 32.0 Å². The molecule has 1 fully saturated rings. The van der Waals surface area contributed by atoms with Crippen LogP contribution in [0.25, 0.3) is 22.5 Å². The molecule has 0 amide bonds. The number of hydrogen-bond donors (Lipinski definition) is 4. The van der Waals surface area contributed by atoms with Crippen molar-refractivity contribution in [3.63, 3.8) is 0 Å². The minimum Gasteiger partial charge on any atom is -0.384 e. The Labute approximate surface area is 183 Å². The van der Waals surface area contributed by atoms with Crippen LogP contribution in [0.15, 0.2) is 36.7 Å². The van der Waals surface area contributed by atoms with Crippen molar-refractivity contribution in [1.82, 2.24) is 19.9 Å². The highest BCUT2D eigenvalue weighted by Gasteiger charge is 2.22. The van der Waals surface area contributed by atoms with Crippen LogP contribution in [-0.4, -0.2) is 62.4 Å². The third-order valence-corrected chi connectivity index (χ3v) is 4.91. The van der Waals surface area contributed by atoms with Gasteiger partial charge < -0.3 is 30.9 Å². The van der Waals surface area contributed by atoms with Crippen molar-refractivity contribution in [3.8, 4) is 22.5 Å². The highest BCUT2D eigenvalue weighted by molar-refractivity contribution is 6.33. The molecule has 11 heteroatoms. The molecule has 0 spiro atoms. The van der Waals surface area contributed by atoms with Crippen LogP contribution in [-0.2, 0) is 4.74 Å². The Morgan fingerprint density at radius 3 is 2.52 bits per heavy atom. The average Bonchev–Trinajstić information content (AvgIpc) is 2.73. The van der Waals surface area contributed by atoms with Gasteiger partial charge in [0, 0.05) is 43.5 Å². The highest BCUT2D eigenvalue weighted by Crippen LogP contribution is 2.33. The van der Waals surface area contributed by atoms with E-state index in [2.05, 4.69) is 15.3 Å². The Morgan fingerprint density at radius 2 is 1.84 bits per heavy atom. The molecule has 0 saturated carbocycles. The number of anilines is 3. The molecular formula is C20H22ClN7O3. The molecule has 4 rings (SSSR count). The molecule has 0 unspecified atom stereocenters. The number of hydrogen-bond acceptors (Lipinski definition) is 10. The van der Waals surface area contributed by atoms with Gasteiger partial charge in [0.1, 0.15) is 11.6 Å². The van der Waals surface area contributed by atoms with Crippen molar-refractivity contribution in [2.24, 2.45) is 0 Å². The lowest BCUT2D eigenvalue weighted by atomic mass is 10.1. The van der Waals surface area contributed by atoms with Crippen molar-refractivity contribution in [2.45, 2.75) is 12.8 Å². The van der Waals surface area contributed by atoms with Crippen molar-refractivity contribution in [3.05, 3.63) is 41.7 Å². The number of nitrogen functional groups attached to an aromatic ring is 1. The van der Waals surface area contributed by atoms with Gasteiger partial charge in [-0.05, 0) is 24.3 Å². The van der Waals surface area contributed by atoms with E-state index in [-0.39, 0.29) is 5.82 Å². The second-order valence-electron chi connectivity index (χ2n) is 7.17. The maximum Gasteiger partial charge on any atom is 0.242 e. The second-order valence-corrected chi connectivity index (χ2v) is 7.58. The largest absolute Gasteiger partial charge is 0.384 e. The Hall–Kier alpha value is -3.05. The number of morpholine rings is 1. The molecule has 0 bridgehead atoms. The molecule has 5 N–H and O–H groups in total.